The maximum atomic E-state index is 5.92. The van der Waals surface area contributed by atoms with Crippen LogP contribution >= 0.6 is 0 Å². The van der Waals surface area contributed by atoms with Gasteiger partial charge in [-0.1, -0.05) is 25.1 Å². The summed E-state index contributed by atoms with van der Waals surface area (Å²) in [5, 5.41) is 3.51. The van der Waals surface area contributed by atoms with E-state index in [9.17, 15) is 0 Å². The lowest BCUT2D eigenvalue weighted by molar-refractivity contribution is 0.277. The van der Waals surface area contributed by atoms with Crippen LogP contribution in [0.4, 0.5) is 0 Å². The first-order valence-electron chi connectivity index (χ1n) is 7.25. The molecule has 0 amide bonds. The average Bonchev–Trinajstić information content (AvgIpc) is 2.41. The summed E-state index contributed by atoms with van der Waals surface area (Å²) in [6.45, 7) is 7.25. The fourth-order valence-electron chi connectivity index (χ4n) is 2.00. The van der Waals surface area contributed by atoms with Crippen LogP contribution in [0.2, 0.25) is 0 Å². The zero-order valence-electron chi connectivity index (χ0n) is 12.8. The maximum Gasteiger partial charge on any atom is 0.124 e. The van der Waals surface area contributed by atoms with Gasteiger partial charge in [-0.05, 0) is 46.5 Å². The number of rotatable bonds is 9. The van der Waals surface area contributed by atoms with Gasteiger partial charge in [-0.2, -0.15) is 0 Å². The Morgan fingerprint density at radius 2 is 2.00 bits per heavy atom. The van der Waals surface area contributed by atoms with E-state index in [1.165, 1.54) is 5.56 Å². The number of nitrogens with one attached hydrogen (secondary N) is 1. The second-order valence-corrected chi connectivity index (χ2v) is 5.22. The molecule has 0 saturated carbocycles. The highest BCUT2D eigenvalue weighted by Gasteiger charge is 2.10. The molecule has 0 aliphatic carbocycles. The van der Waals surface area contributed by atoms with Gasteiger partial charge >= 0.3 is 0 Å². The van der Waals surface area contributed by atoms with E-state index < -0.39 is 0 Å². The van der Waals surface area contributed by atoms with E-state index >= 15 is 0 Å². The number of para-hydroxylation sites is 1. The van der Waals surface area contributed by atoms with Crippen LogP contribution in [0.15, 0.2) is 24.3 Å². The van der Waals surface area contributed by atoms with Crippen LogP contribution in [0.5, 0.6) is 5.75 Å². The molecule has 0 bridgehead atoms. The molecule has 3 heteroatoms. The molecule has 0 heterocycles. The van der Waals surface area contributed by atoms with Crippen molar-refractivity contribution in [2.75, 3.05) is 33.8 Å². The van der Waals surface area contributed by atoms with Crippen LogP contribution in [-0.4, -0.2) is 38.7 Å². The molecular weight excluding hydrogens is 236 g/mol. The third-order valence-corrected chi connectivity index (χ3v) is 3.09. The molecule has 1 N–H and O–H groups in total. The monoisotopic (exact) mass is 264 g/mol. The summed E-state index contributed by atoms with van der Waals surface area (Å²) in [6, 6.07) is 8.66. The molecule has 1 aromatic carbocycles. The minimum absolute atomic E-state index is 0.338. The second kappa shape index (κ2) is 8.94. The lowest BCUT2D eigenvalue weighted by Gasteiger charge is -2.18. The first kappa shape index (κ1) is 16.0. The molecule has 0 fully saturated rings. The van der Waals surface area contributed by atoms with Crippen molar-refractivity contribution >= 4 is 0 Å². The maximum absolute atomic E-state index is 5.92. The molecule has 0 aliphatic rings. The van der Waals surface area contributed by atoms with Gasteiger partial charge in [-0.15, -0.1) is 0 Å². The molecule has 19 heavy (non-hydrogen) atoms. The molecule has 0 spiro atoms. The SMILES string of the molecule is CCCNC(C)c1ccccc1OCCCN(C)C. The van der Waals surface area contributed by atoms with Crippen molar-refractivity contribution in [2.45, 2.75) is 32.7 Å². The lowest BCUT2D eigenvalue weighted by atomic mass is 10.1. The summed E-state index contributed by atoms with van der Waals surface area (Å²) in [5.74, 6) is 1.01. The Morgan fingerprint density at radius 1 is 1.26 bits per heavy atom. The summed E-state index contributed by atoms with van der Waals surface area (Å²) in [4.78, 5) is 2.18. The van der Waals surface area contributed by atoms with Gasteiger partial charge in [0.1, 0.15) is 5.75 Å². The van der Waals surface area contributed by atoms with Gasteiger partial charge in [0.15, 0.2) is 0 Å². The normalized spacial score (nSPS) is 12.7. The predicted molar refractivity (Wildman–Crippen MR) is 81.8 cm³/mol. The highest BCUT2D eigenvalue weighted by molar-refractivity contribution is 5.35. The molecule has 0 aliphatic heterocycles. The molecule has 0 saturated heterocycles. The highest BCUT2D eigenvalue weighted by atomic mass is 16.5. The Hall–Kier alpha value is -1.06. The Morgan fingerprint density at radius 3 is 2.68 bits per heavy atom. The van der Waals surface area contributed by atoms with Crippen molar-refractivity contribution in [3.8, 4) is 5.75 Å². The number of hydrogen-bond acceptors (Lipinski definition) is 3. The van der Waals surface area contributed by atoms with Gasteiger partial charge in [0.05, 0.1) is 6.61 Å². The number of ether oxygens (including phenoxy) is 1. The van der Waals surface area contributed by atoms with Crippen molar-refractivity contribution in [3.05, 3.63) is 29.8 Å². The Kier molecular flexibility index (Phi) is 7.53. The van der Waals surface area contributed by atoms with E-state index in [-0.39, 0.29) is 0 Å². The molecule has 0 aromatic heterocycles. The van der Waals surface area contributed by atoms with Crippen LogP contribution in [0.1, 0.15) is 38.3 Å². The highest BCUT2D eigenvalue weighted by Crippen LogP contribution is 2.24. The molecule has 1 atom stereocenters. The smallest absolute Gasteiger partial charge is 0.124 e. The predicted octanol–water partition coefficient (Wildman–Crippen LogP) is 3.08. The number of nitrogens with zero attached hydrogens (tertiary/aromatic N) is 1. The van der Waals surface area contributed by atoms with Crippen LogP contribution in [-0.2, 0) is 0 Å². The zero-order valence-corrected chi connectivity index (χ0v) is 12.8. The first-order chi connectivity index (χ1) is 9.15. The van der Waals surface area contributed by atoms with Gasteiger partial charge < -0.3 is 15.0 Å². The molecule has 3 nitrogen and oxygen atoms in total. The summed E-state index contributed by atoms with van der Waals surface area (Å²) < 4.78 is 5.92. The summed E-state index contributed by atoms with van der Waals surface area (Å²) in [6.07, 6.45) is 2.20. The first-order valence-corrected chi connectivity index (χ1v) is 7.25. The van der Waals surface area contributed by atoms with Crippen molar-refractivity contribution in [1.29, 1.82) is 0 Å². The number of benzene rings is 1. The summed E-state index contributed by atoms with van der Waals surface area (Å²) in [5.41, 5.74) is 1.25. The Labute approximate surface area is 118 Å². The lowest BCUT2D eigenvalue weighted by Crippen LogP contribution is -2.20. The summed E-state index contributed by atoms with van der Waals surface area (Å²) >= 11 is 0. The van der Waals surface area contributed by atoms with E-state index in [0.29, 0.717) is 6.04 Å². The van der Waals surface area contributed by atoms with Gasteiger partial charge in [0.2, 0.25) is 0 Å². The minimum Gasteiger partial charge on any atom is -0.493 e. The van der Waals surface area contributed by atoms with E-state index in [1.807, 2.05) is 6.07 Å². The van der Waals surface area contributed by atoms with Gasteiger partial charge in [0.25, 0.3) is 0 Å². The van der Waals surface area contributed by atoms with Crippen LogP contribution < -0.4 is 10.1 Å². The fraction of sp³-hybridized carbons (Fsp3) is 0.625. The van der Waals surface area contributed by atoms with E-state index in [4.69, 9.17) is 4.74 Å². The van der Waals surface area contributed by atoms with E-state index in [1.54, 1.807) is 0 Å². The second-order valence-electron chi connectivity index (χ2n) is 5.22. The molecule has 0 radical (unpaired) electrons. The summed E-state index contributed by atoms with van der Waals surface area (Å²) in [7, 11) is 4.18. The molecule has 1 unspecified atom stereocenters. The number of hydrogen-bond donors (Lipinski definition) is 1. The average molecular weight is 264 g/mol. The van der Waals surface area contributed by atoms with Crippen LogP contribution in [0.25, 0.3) is 0 Å². The van der Waals surface area contributed by atoms with Crippen LogP contribution in [0, 0.1) is 0 Å². The molecule has 1 aromatic rings. The molecule has 1 rings (SSSR count). The minimum atomic E-state index is 0.338. The van der Waals surface area contributed by atoms with Crippen LogP contribution in [0.3, 0.4) is 0 Å². The van der Waals surface area contributed by atoms with E-state index in [2.05, 4.69) is 56.4 Å². The Bertz CT molecular complexity index is 352. The van der Waals surface area contributed by atoms with Gasteiger partial charge in [-0.3, -0.25) is 0 Å². The van der Waals surface area contributed by atoms with Crippen molar-refractivity contribution < 1.29 is 4.74 Å². The quantitative estimate of drug-likeness (QED) is 0.694. The van der Waals surface area contributed by atoms with Crippen molar-refractivity contribution in [3.63, 3.8) is 0 Å². The third kappa shape index (κ3) is 6.08. The standard InChI is InChI=1S/C16H28N2O/c1-5-11-17-14(2)15-9-6-7-10-16(15)19-13-8-12-18(3)4/h6-7,9-10,14,17H,5,8,11-13H2,1-4H3. The third-order valence-electron chi connectivity index (χ3n) is 3.09. The topological polar surface area (TPSA) is 24.5 Å². The van der Waals surface area contributed by atoms with Gasteiger partial charge in [-0.25, -0.2) is 0 Å². The van der Waals surface area contributed by atoms with E-state index in [0.717, 1.165) is 38.3 Å². The largest absolute Gasteiger partial charge is 0.493 e. The molecule has 108 valence electrons. The van der Waals surface area contributed by atoms with Gasteiger partial charge in [0, 0.05) is 18.2 Å². The fourth-order valence-corrected chi connectivity index (χ4v) is 2.00. The Balaban J connectivity index is 2.52. The van der Waals surface area contributed by atoms with Crippen molar-refractivity contribution in [1.82, 2.24) is 10.2 Å². The zero-order chi connectivity index (χ0) is 14.1. The van der Waals surface area contributed by atoms with Crippen molar-refractivity contribution in [2.24, 2.45) is 0 Å². The molecular formula is C16H28N2O.